The second-order valence-electron chi connectivity index (χ2n) is 26.3. The van der Waals surface area contributed by atoms with Gasteiger partial charge in [0.2, 0.25) is 0 Å². The molecule has 0 spiro atoms. The first-order chi connectivity index (χ1) is 50.7. The molecule has 0 fully saturated rings. The van der Waals surface area contributed by atoms with Crippen LogP contribution in [-0.2, 0) is 65.4 Å². The van der Waals surface area contributed by atoms with E-state index in [4.69, 9.17) is 37.0 Å². The maximum absolute atomic E-state index is 13.1. The number of carbonyl (C=O) groups is 4. The number of esters is 4. The lowest BCUT2D eigenvalue weighted by Crippen LogP contribution is -2.30. The molecular formula is C85H142O17P2. The van der Waals surface area contributed by atoms with Crippen LogP contribution in [0.4, 0.5) is 0 Å². The Morgan fingerprint density at radius 1 is 0.279 bits per heavy atom. The van der Waals surface area contributed by atoms with Gasteiger partial charge in [-0.2, -0.15) is 0 Å². The Labute approximate surface area is 630 Å². The maximum atomic E-state index is 13.1. The molecule has 0 aromatic heterocycles. The van der Waals surface area contributed by atoms with Crippen LogP contribution in [0, 0.1) is 0 Å². The Bertz CT molecular complexity index is 2540. The molecule has 0 radical (unpaired) electrons. The summed E-state index contributed by atoms with van der Waals surface area (Å²) in [5.41, 5.74) is 0. The highest BCUT2D eigenvalue weighted by atomic mass is 31.2. The standard InChI is InChI=1S/C85H142O17P2/c1-5-9-13-17-21-25-29-33-37-38-39-40-44-46-50-54-58-62-66-70-83(88)96-76-81(102-85(90)72-68-64-60-56-52-48-43-36-32-28-24-20-16-12-8-4)78-100-104(93,94)98-74-79(86)73-97-103(91,92)99-77-80(101-84(89)71-67-63-59-55-51-47-42-35-31-27-23-19-15-11-7-3)75-95-82(87)69-65-61-57-53-49-45-41-34-30-26-22-18-14-10-6-2/h9,13,21-28,33-37,39-43,46,50,58,62,79-81,86H,5-8,10-12,14-20,29-32,38,44-45,47-49,51-57,59-61,63-78H2,1-4H3,(H,91,92)(H,93,94). The molecule has 0 aliphatic carbocycles. The third kappa shape index (κ3) is 75.2. The summed E-state index contributed by atoms with van der Waals surface area (Å²) in [5, 5.41) is 10.6. The highest BCUT2D eigenvalue weighted by Crippen LogP contribution is 2.45. The van der Waals surface area contributed by atoms with Gasteiger partial charge in [0.1, 0.15) is 19.3 Å². The first kappa shape index (κ1) is 98.9. The fraction of sp³-hybridized carbons (Fsp3) is 0.671. The highest BCUT2D eigenvalue weighted by Gasteiger charge is 2.30. The number of phosphoric ester groups is 2. The lowest BCUT2D eigenvalue weighted by molar-refractivity contribution is -0.161. The zero-order valence-electron chi connectivity index (χ0n) is 64.9. The summed E-state index contributed by atoms with van der Waals surface area (Å²) in [7, 11) is -10.00. The van der Waals surface area contributed by atoms with Gasteiger partial charge >= 0.3 is 39.5 Å². The summed E-state index contributed by atoms with van der Waals surface area (Å²) in [6, 6.07) is 0. The molecule has 0 saturated heterocycles. The van der Waals surface area contributed by atoms with Crippen molar-refractivity contribution in [2.45, 2.75) is 329 Å². The number of allylic oxidation sites excluding steroid dienone is 24. The average Bonchev–Trinajstić information content (AvgIpc) is 0.918. The second-order valence-corrected chi connectivity index (χ2v) is 29.2. The zero-order valence-corrected chi connectivity index (χ0v) is 66.7. The second kappa shape index (κ2) is 76.1. The lowest BCUT2D eigenvalue weighted by Gasteiger charge is -2.21. The van der Waals surface area contributed by atoms with Crippen molar-refractivity contribution >= 4 is 39.5 Å². The van der Waals surface area contributed by atoms with Gasteiger partial charge in [-0.05, 0) is 161 Å². The van der Waals surface area contributed by atoms with E-state index in [0.29, 0.717) is 32.1 Å². The van der Waals surface area contributed by atoms with Gasteiger partial charge in [0.15, 0.2) is 12.2 Å². The van der Waals surface area contributed by atoms with Crippen molar-refractivity contribution in [3.8, 4) is 0 Å². The van der Waals surface area contributed by atoms with E-state index in [1.54, 1.807) is 0 Å². The van der Waals surface area contributed by atoms with Crippen molar-refractivity contribution in [1.29, 1.82) is 0 Å². The normalized spacial score (nSPS) is 14.6. The molecule has 0 saturated carbocycles. The van der Waals surface area contributed by atoms with Gasteiger partial charge in [-0.15, -0.1) is 0 Å². The van der Waals surface area contributed by atoms with Crippen LogP contribution >= 0.6 is 15.6 Å². The number of hydrogen-bond acceptors (Lipinski definition) is 15. The van der Waals surface area contributed by atoms with Gasteiger partial charge < -0.3 is 33.8 Å². The summed E-state index contributed by atoms with van der Waals surface area (Å²) >= 11 is 0. The van der Waals surface area contributed by atoms with E-state index in [-0.39, 0.29) is 25.7 Å². The summed E-state index contributed by atoms with van der Waals surface area (Å²) in [5.74, 6) is -2.32. The number of aliphatic hydroxyl groups excluding tert-OH is 1. The van der Waals surface area contributed by atoms with Crippen LogP contribution in [0.2, 0.25) is 0 Å². The smallest absolute Gasteiger partial charge is 0.462 e. The van der Waals surface area contributed by atoms with Crippen LogP contribution in [0.5, 0.6) is 0 Å². The molecule has 0 bridgehead atoms. The Hall–Kier alpha value is -5.06. The van der Waals surface area contributed by atoms with E-state index in [2.05, 4.69) is 155 Å². The number of unbranched alkanes of at least 4 members (excludes halogenated alkanes) is 24. The van der Waals surface area contributed by atoms with Crippen LogP contribution in [0.3, 0.4) is 0 Å². The summed E-state index contributed by atoms with van der Waals surface area (Å²) in [6.45, 7) is 4.55. The minimum absolute atomic E-state index is 0.0288. The molecule has 19 heteroatoms. The third-order valence-electron chi connectivity index (χ3n) is 16.3. The number of ether oxygens (including phenoxy) is 4. The molecular weight excluding hydrogens is 1350 g/mol. The molecule has 0 heterocycles. The van der Waals surface area contributed by atoms with E-state index in [1.165, 1.54) is 57.8 Å². The summed E-state index contributed by atoms with van der Waals surface area (Å²) < 4.78 is 68.5. The predicted octanol–water partition coefficient (Wildman–Crippen LogP) is 23.4. The highest BCUT2D eigenvalue weighted by molar-refractivity contribution is 7.47. The lowest BCUT2D eigenvalue weighted by atomic mass is 10.1. The van der Waals surface area contributed by atoms with Crippen LogP contribution in [-0.4, -0.2) is 96.7 Å². The van der Waals surface area contributed by atoms with Gasteiger partial charge in [-0.1, -0.05) is 270 Å². The van der Waals surface area contributed by atoms with Crippen molar-refractivity contribution in [2.24, 2.45) is 0 Å². The average molecular weight is 1500 g/mol. The Balaban J connectivity index is 5.47. The number of carbonyl (C=O) groups excluding carboxylic acids is 4. The molecule has 0 amide bonds. The molecule has 0 aromatic rings. The summed E-state index contributed by atoms with van der Waals surface area (Å²) in [4.78, 5) is 73.0. The number of hydrogen-bond donors (Lipinski definition) is 3. The van der Waals surface area contributed by atoms with Crippen LogP contribution in [0.25, 0.3) is 0 Å². The van der Waals surface area contributed by atoms with Crippen molar-refractivity contribution in [3.63, 3.8) is 0 Å². The topological polar surface area (TPSA) is 237 Å². The molecule has 0 rings (SSSR count). The van der Waals surface area contributed by atoms with Gasteiger partial charge in [0.25, 0.3) is 0 Å². The maximum Gasteiger partial charge on any atom is 0.472 e. The zero-order chi connectivity index (χ0) is 76.0. The molecule has 17 nitrogen and oxygen atoms in total. The van der Waals surface area contributed by atoms with Crippen LogP contribution in [0.1, 0.15) is 310 Å². The van der Waals surface area contributed by atoms with Crippen LogP contribution in [0.15, 0.2) is 146 Å². The molecule has 0 aliphatic rings. The monoisotopic (exact) mass is 1500 g/mol. The largest absolute Gasteiger partial charge is 0.472 e. The fourth-order valence-electron chi connectivity index (χ4n) is 10.2. The Morgan fingerprint density at radius 3 is 0.827 bits per heavy atom. The van der Waals surface area contributed by atoms with Crippen molar-refractivity contribution in [3.05, 3.63) is 146 Å². The summed E-state index contributed by atoms with van der Waals surface area (Å²) in [6.07, 6.45) is 86.9. The number of rotatable bonds is 74. The number of phosphoric acid groups is 2. The van der Waals surface area contributed by atoms with E-state index in [0.717, 1.165) is 167 Å². The van der Waals surface area contributed by atoms with E-state index in [9.17, 15) is 43.2 Å². The van der Waals surface area contributed by atoms with Crippen molar-refractivity contribution in [1.82, 2.24) is 0 Å². The van der Waals surface area contributed by atoms with Crippen molar-refractivity contribution < 1.29 is 80.2 Å². The molecule has 104 heavy (non-hydrogen) atoms. The molecule has 0 aromatic carbocycles. The first-order valence-electron chi connectivity index (χ1n) is 40.1. The molecule has 5 unspecified atom stereocenters. The molecule has 3 N–H and O–H groups in total. The van der Waals surface area contributed by atoms with Gasteiger partial charge in [-0.3, -0.25) is 37.3 Å². The third-order valence-corrected chi connectivity index (χ3v) is 18.2. The van der Waals surface area contributed by atoms with Gasteiger partial charge in [0, 0.05) is 25.7 Å². The number of aliphatic hydroxyl groups is 1. The first-order valence-corrected chi connectivity index (χ1v) is 43.1. The van der Waals surface area contributed by atoms with Gasteiger partial charge in [-0.25, -0.2) is 9.13 Å². The Morgan fingerprint density at radius 2 is 0.519 bits per heavy atom. The minimum Gasteiger partial charge on any atom is -0.462 e. The van der Waals surface area contributed by atoms with Gasteiger partial charge in [0.05, 0.1) is 26.4 Å². The fourth-order valence-corrected chi connectivity index (χ4v) is 11.7. The van der Waals surface area contributed by atoms with Crippen LogP contribution < -0.4 is 0 Å². The quantitative estimate of drug-likeness (QED) is 0.0169. The van der Waals surface area contributed by atoms with E-state index >= 15 is 0 Å². The molecule has 594 valence electrons. The predicted molar refractivity (Wildman–Crippen MR) is 427 cm³/mol. The van der Waals surface area contributed by atoms with E-state index < -0.39 is 97.5 Å². The van der Waals surface area contributed by atoms with Crippen molar-refractivity contribution in [2.75, 3.05) is 39.6 Å². The Kier molecular flexibility index (Phi) is 72.4. The minimum atomic E-state index is -5.00. The SMILES string of the molecule is CCC=CCC=CCC=CCC=CCC=CCC=CCCC(=O)OCC(COP(=O)(O)OCC(O)COP(=O)(O)OCC(COC(=O)CCCCCCCC=CCC=CCCCCC)OC(=O)CCCCCCCC=CCC=CCCCCC)OC(=O)CCCCCCCC=CCC=CCCCCC. The molecule has 0 aliphatic heterocycles. The van der Waals surface area contributed by atoms with E-state index in [1.807, 2.05) is 18.2 Å². The molecule has 5 atom stereocenters.